The Balaban J connectivity index is 1.97. The van der Waals surface area contributed by atoms with Crippen LogP contribution in [0.15, 0.2) is 28.9 Å². The van der Waals surface area contributed by atoms with Gasteiger partial charge in [-0.1, -0.05) is 18.5 Å². The summed E-state index contributed by atoms with van der Waals surface area (Å²) >= 11 is 5.85. The van der Waals surface area contributed by atoms with Crippen LogP contribution in [0.2, 0.25) is 5.02 Å². The van der Waals surface area contributed by atoms with E-state index in [9.17, 15) is 0 Å². The van der Waals surface area contributed by atoms with Crippen molar-refractivity contribution in [3.8, 4) is 5.75 Å². The molecule has 0 spiro atoms. The number of hydrogen-bond acceptors (Lipinski definition) is 4. The fourth-order valence-electron chi connectivity index (χ4n) is 1.70. The monoisotopic (exact) mass is 280 g/mol. The van der Waals surface area contributed by atoms with Gasteiger partial charge in [-0.05, 0) is 19.5 Å². The molecule has 0 saturated heterocycles. The van der Waals surface area contributed by atoms with Gasteiger partial charge < -0.3 is 14.5 Å². The molecule has 0 aliphatic rings. The van der Waals surface area contributed by atoms with E-state index < -0.39 is 0 Å². The number of aryl methyl sites for hydroxylation is 1. The Morgan fingerprint density at radius 3 is 2.95 bits per heavy atom. The molecule has 2 aromatic heterocycles. The van der Waals surface area contributed by atoms with Gasteiger partial charge in [0.15, 0.2) is 0 Å². The van der Waals surface area contributed by atoms with Crippen molar-refractivity contribution in [2.45, 2.75) is 27.0 Å². The first-order chi connectivity index (χ1) is 9.19. The second-order valence-electron chi connectivity index (χ2n) is 4.20. The molecule has 0 aromatic carbocycles. The van der Waals surface area contributed by atoms with Crippen LogP contribution < -0.4 is 10.1 Å². The largest absolute Gasteiger partial charge is 0.487 e. The van der Waals surface area contributed by atoms with Crippen LogP contribution in [0.25, 0.3) is 0 Å². The van der Waals surface area contributed by atoms with Gasteiger partial charge in [0.05, 0.1) is 17.8 Å². The highest BCUT2D eigenvalue weighted by Gasteiger charge is 2.08. The zero-order valence-corrected chi connectivity index (χ0v) is 11.8. The Morgan fingerprint density at radius 2 is 2.21 bits per heavy atom. The molecule has 4 nitrogen and oxygen atoms in total. The normalized spacial score (nSPS) is 10.7. The van der Waals surface area contributed by atoms with E-state index in [0.29, 0.717) is 17.4 Å². The van der Waals surface area contributed by atoms with Gasteiger partial charge in [0.2, 0.25) is 0 Å². The van der Waals surface area contributed by atoms with Crippen LogP contribution in [-0.4, -0.2) is 11.5 Å². The average molecular weight is 281 g/mol. The number of furan rings is 1. The second-order valence-corrected chi connectivity index (χ2v) is 4.64. The van der Waals surface area contributed by atoms with Crippen LogP contribution in [0.5, 0.6) is 5.75 Å². The summed E-state index contributed by atoms with van der Waals surface area (Å²) in [5.74, 6) is 2.45. The third kappa shape index (κ3) is 3.98. The first-order valence-electron chi connectivity index (χ1n) is 6.21. The highest BCUT2D eigenvalue weighted by molar-refractivity contribution is 6.30. The van der Waals surface area contributed by atoms with E-state index in [-0.39, 0.29) is 0 Å². The number of pyridine rings is 1. The molecular formula is C14H17ClN2O2. The Morgan fingerprint density at radius 1 is 1.37 bits per heavy atom. The summed E-state index contributed by atoms with van der Waals surface area (Å²) in [6, 6.07) is 3.75. The predicted molar refractivity (Wildman–Crippen MR) is 74.4 cm³/mol. The van der Waals surface area contributed by atoms with Crippen LogP contribution in [-0.2, 0) is 13.2 Å². The fraction of sp³-hybridized carbons (Fsp3) is 0.357. The first kappa shape index (κ1) is 13.9. The van der Waals surface area contributed by atoms with Gasteiger partial charge in [-0.3, -0.25) is 4.98 Å². The predicted octanol–water partition coefficient (Wildman–Crippen LogP) is 3.32. The number of nitrogens with one attached hydrogen (secondary N) is 1. The zero-order chi connectivity index (χ0) is 13.7. The molecule has 102 valence electrons. The Bertz CT molecular complexity index is 540. The maximum Gasteiger partial charge on any atom is 0.139 e. The van der Waals surface area contributed by atoms with Crippen LogP contribution in [0, 0.1) is 6.92 Å². The van der Waals surface area contributed by atoms with Crippen molar-refractivity contribution in [1.29, 1.82) is 0 Å². The highest BCUT2D eigenvalue weighted by Crippen LogP contribution is 2.19. The fourth-order valence-corrected chi connectivity index (χ4v) is 1.86. The molecular weight excluding hydrogens is 264 g/mol. The summed E-state index contributed by atoms with van der Waals surface area (Å²) in [6.45, 7) is 6.09. The molecule has 0 atom stereocenters. The van der Waals surface area contributed by atoms with Gasteiger partial charge in [-0.2, -0.15) is 0 Å². The molecule has 5 heteroatoms. The third-order valence-corrected chi connectivity index (χ3v) is 2.90. The van der Waals surface area contributed by atoms with Gasteiger partial charge in [0, 0.05) is 17.8 Å². The van der Waals surface area contributed by atoms with E-state index in [1.165, 1.54) is 0 Å². The molecule has 2 aromatic rings. The lowest BCUT2D eigenvalue weighted by molar-refractivity contribution is 0.302. The van der Waals surface area contributed by atoms with E-state index in [2.05, 4.69) is 17.2 Å². The maximum absolute atomic E-state index is 5.85. The van der Waals surface area contributed by atoms with Crippen molar-refractivity contribution >= 4 is 11.6 Å². The topological polar surface area (TPSA) is 47.3 Å². The molecule has 0 saturated carbocycles. The minimum absolute atomic E-state index is 0.448. The molecule has 0 bridgehead atoms. The van der Waals surface area contributed by atoms with E-state index >= 15 is 0 Å². The van der Waals surface area contributed by atoms with E-state index in [0.717, 1.165) is 30.2 Å². The summed E-state index contributed by atoms with van der Waals surface area (Å²) in [7, 11) is 0. The second kappa shape index (κ2) is 6.59. The smallest absolute Gasteiger partial charge is 0.139 e. The van der Waals surface area contributed by atoms with Gasteiger partial charge in [0.25, 0.3) is 0 Å². The van der Waals surface area contributed by atoms with Crippen molar-refractivity contribution in [2.75, 3.05) is 6.54 Å². The molecule has 1 N–H and O–H groups in total. The minimum Gasteiger partial charge on any atom is -0.487 e. The number of halogens is 1. The summed E-state index contributed by atoms with van der Waals surface area (Å²) in [6.07, 6.45) is 3.22. The van der Waals surface area contributed by atoms with Crippen molar-refractivity contribution < 1.29 is 9.15 Å². The molecule has 0 unspecified atom stereocenters. The van der Waals surface area contributed by atoms with Crippen molar-refractivity contribution in [3.05, 3.63) is 46.6 Å². The molecule has 0 fully saturated rings. The van der Waals surface area contributed by atoms with Crippen LogP contribution in [0.3, 0.4) is 0 Å². The quantitative estimate of drug-likeness (QED) is 0.882. The highest BCUT2D eigenvalue weighted by atomic mass is 35.5. The number of rotatable bonds is 6. The van der Waals surface area contributed by atoms with Crippen LogP contribution in [0.4, 0.5) is 0 Å². The number of hydrogen-bond donors (Lipinski definition) is 1. The molecule has 0 amide bonds. The van der Waals surface area contributed by atoms with E-state index in [4.69, 9.17) is 20.8 Å². The molecule has 19 heavy (non-hydrogen) atoms. The number of ether oxygens (including phenoxy) is 1. The molecule has 0 radical (unpaired) electrons. The van der Waals surface area contributed by atoms with Crippen molar-refractivity contribution in [2.24, 2.45) is 0 Å². The third-order valence-electron chi connectivity index (χ3n) is 2.69. The average Bonchev–Trinajstić information content (AvgIpc) is 2.75. The van der Waals surface area contributed by atoms with Crippen LogP contribution >= 0.6 is 11.6 Å². The molecule has 0 aliphatic carbocycles. The SMILES string of the molecule is CCNCc1cc(COc2cncc(Cl)c2)c(C)o1. The van der Waals surface area contributed by atoms with E-state index in [1.54, 1.807) is 18.5 Å². The van der Waals surface area contributed by atoms with E-state index in [1.807, 2.05) is 13.0 Å². The van der Waals surface area contributed by atoms with Crippen molar-refractivity contribution in [1.82, 2.24) is 10.3 Å². The van der Waals surface area contributed by atoms with Gasteiger partial charge in [-0.15, -0.1) is 0 Å². The lowest BCUT2D eigenvalue weighted by atomic mass is 10.2. The lowest BCUT2D eigenvalue weighted by Crippen LogP contribution is -2.10. The maximum atomic E-state index is 5.85. The summed E-state index contributed by atoms with van der Waals surface area (Å²) in [5.41, 5.74) is 1.04. The molecule has 0 aliphatic heterocycles. The van der Waals surface area contributed by atoms with Gasteiger partial charge >= 0.3 is 0 Å². The lowest BCUT2D eigenvalue weighted by Gasteiger charge is -2.04. The summed E-state index contributed by atoms with van der Waals surface area (Å²) in [4.78, 5) is 3.97. The van der Waals surface area contributed by atoms with Gasteiger partial charge in [0.1, 0.15) is 23.9 Å². The van der Waals surface area contributed by atoms with Crippen LogP contribution in [0.1, 0.15) is 24.0 Å². The summed E-state index contributed by atoms with van der Waals surface area (Å²) in [5, 5.41) is 3.79. The first-order valence-corrected chi connectivity index (χ1v) is 6.59. The Hall–Kier alpha value is -1.52. The van der Waals surface area contributed by atoms with Gasteiger partial charge in [-0.25, -0.2) is 0 Å². The number of nitrogens with zero attached hydrogens (tertiary/aromatic N) is 1. The molecule has 2 rings (SSSR count). The van der Waals surface area contributed by atoms with Crippen molar-refractivity contribution in [3.63, 3.8) is 0 Å². The standard InChI is InChI=1S/C14H17ClN2O2/c1-3-16-8-14-4-11(10(2)19-14)9-18-13-5-12(15)6-17-7-13/h4-7,16H,3,8-9H2,1-2H3. The number of aromatic nitrogens is 1. The Labute approximate surface area is 117 Å². The minimum atomic E-state index is 0.448. The summed E-state index contributed by atoms with van der Waals surface area (Å²) < 4.78 is 11.3. The zero-order valence-electron chi connectivity index (χ0n) is 11.1. The molecule has 2 heterocycles. The Kier molecular flexibility index (Phi) is 4.82.